The van der Waals surface area contributed by atoms with Gasteiger partial charge in [-0.15, -0.1) is 13.2 Å². The lowest BCUT2D eigenvalue weighted by Gasteiger charge is -2.29. The van der Waals surface area contributed by atoms with E-state index in [0.29, 0.717) is 12.8 Å². The van der Waals surface area contributed by atoms with E-state index in [2.05, 4.69) is 13.2 Å². The minimum atomic E-state index is -4.19. The van der Waals surface area contributed by atoms with Crippen LogP contribution in [-0.2, 0) is 19.7 Å². The second-order valence-corrected chi connectivity index (χ2v) is 13.3. The molecule has 166 valence electrons. The minimum absolute atomic E-state index is 0.0456. The van der Waals surface area contributed by atoms with E-state index in [9.17, 15) is 16.8 Å². The zero-order valence-electron chi connectivity index (χ0n) is 18.1. The largest absolute Gasteiger partial charge is 0.222 e. The van der Waals surface area contributed by atoms with Crippen molar-refractivity contribution in [1.82, 2.24) is 0 Å². The number of sulfone groups is 2. The average Bonchev–Trinajstić information content (AvgIpc) is 3.10. The van der Waals surface area contributed by atoms with Crippen LogP contribution in [0.25, 0.3) is 0 Å². The molecule has 0 amide bonds. The Morgan fingerprint density at radius 3 is 1.35 bits per heavy atom. The highest BCUT2D eigenvalue weighted by atomic mass is 32.3. The Kier molecular flexibility index (Phi) is 6.63. The second kappa shape index (κ2) is 8.75. The molecule has 0 saturated heterocycles. The topological polar surface area (TPSA) is 68.3 Å². The first-order chi connectivity index (χ1) is 14.6. The smallest absolute Gasteiger partial charge is 0.198 e. The van der Waals surface area contributed by atoms with Crippen molar-refractivity contribution < 1.29 is 16.8 Å². The zero-order valence-corrected chi connectivity index (χ0v) is 19.8. The lowest BCUT2D eigenvalue weighted by atomic mass is 9.90. The van der Waals surface area contributed by atoms with E-state index < -0.39 is 23.8 Å². The van der Waals surface area contributed by atoms with Gasteiger partial charge in [-0.2, -0.15) is 0 Å². The summed E-state index contributed by atoms with van der Waals surface area (Å²) >= 11 is 0. The van der Waals surface area contributed by atoms with Crippen molar-refractivity contribution in [2.45, 2.75) is 53.4 Å². The highest BCUT2D eigenvalue weighted by Crippen LogP contribution is 2.53. The molecular formula is C25H30O4S2. The van der Waals surface area contributed by atoms with Gasteiger partial charge in [-0.25, -0.2) is 16.8 Å². The van der Waals surface area contributed by atoms with Crippen LogP contribution in [0, 0.1) is 25.7 Å². The number of rotatable bonds is 8. The van der Waals surface area contributed by atoms with E-state index in [1.54, 1.807) is 36.4 Å². The Balaban J connectivity index is 2.26. The normalized spacial score (nSPS) is 21.0. The van der Waals surface area contributed by atoms with Gasteiger partial charge in [0.2, 0.25) is 0 Å². The van der Waals surface area contributed by atoms with Gasteiger partial charge in [0.25, 0.3) is 0 Å². The van der Waals surface area contributed by atoms with E-state index in [1.807, 2.05) is 13.8 Å². The molecular weight excluding hydrogens is 428 g/mol. The van der Waals surface area contributed by atoms with Crippen molar-refractivity contribution in [3.05, 3.63) is 85.0 Å². The van der Waals surface area contributed by atoms with E-state index >= 15 is 0 Å². The summed E-state index contributed by atoms with van der Waals surface area (Å²) in [4.78, 5) is 0.0933. The zero-order chi connectivity index (χ0) is 22.9. The molecule has 0 N–H and O–H groups in total. The van der Waals surface area contributed by atoms with Crippen molar-refractivity contribution in [3.8, 4) is 0 Å². The molecule has 2 aromatic carbocycles. The molecule has 0 aliphatic heterocycles. The summed E-state index contributed by atoms with van der Waals surface area (Å²) in [5.74, 6) is -0.202. The third-order valence-corrected chi connectivity index (χ3v) is 12.1. The van der Waals surface area contributed by atoms with Gasteiger partial charge in [-0.3, -0.25) is 0 Å². The maximum absolute atomic E-state index is 14.0. The van der Waals surface area contributed by atoms with Gasteiger partial charge in [-0.1, -0.05) is 47.5 Å². The number of allylic oxidation sites excluding steroid dienone is 2. The van der Waals surface area contributed by atoms with Crippen molar-refractivity contribution in [2.24, 2.45) is 11.8 Å². The number of hydrogen-bond donors (Lipinski definition) is 0. The van der Waals surface area contributed by atoms with E-state index in [-0.39, 0.29) is 34.5 Å². The van der Waals surface area contributed by atoms with Crippen LogP contribution in [0.5, 0.6) is 0 Å². The van der Waals surface area contributed by atoms with Gasteiger partial charge in [0, 0.05) is 0 Å². The minimum Gasteiger partial charge on any atom is -0.222 e. The monoisotopic (exact) mass is 458 g/mol. The van der Waals surface area contributed by atoms with E-state index in [1.165, 1.54) is 24.3 Å². The molecule has 0 radical (unpaired) electrons. The highest BCUT2D eigenvalue weighted by molar-refractivity contribution is 8.10. The molecule has 0 aromatic heterocycles. The third kappa shape index (κ3) is 4.03. The van der Waals surface area contributed by atoms with Gasteiger partial charge in [0.1, 0.15) is 0 Å². The van der Waals surface area contributed by atoms with Crippen molar-refractivity contribution in [1.29, 1.82) is 0 Å². The summed E-state index contributed by atoms with van der Waals surface area (Å²) in [7, 11) is -8.38. The van der Waals surface area contributed by atoms with E-state index in [0.717, 1.165) is 11.1 Å². The SMILES string of the molecule is C=CC[C@@H]1CC(S(=O)(=O)c2ccc(C)cc2)(S(=O)(=O)c2ccc(C)cc2)C[C@H]1CC=C. The molecule has 2 aromatic rings. The van der Waals surface area contributed by atoms with Crippen LogP contribution in [0.2, 0.25) is 0 Å². The van der Waals surface area contributed by atoms with Crippen LogP contribution in [0.4, 0.5) is 0 Å². The van der Waals surface area contributed by atoms with Gasteiger partial charge in [0.05, 0.1) is 9.79 Å². The molecule has 0 unspecified atom stereocenters. The van der Waals surface area contributed by atoms with Crippen molar-refractivity contribution >= 4 is 19.7 Å². The first-order valence-corrected chi connectivity index (χ1v) is 13.4. The summed E-state index contributed by atoms with van der Waals surface area (Å²) in [6.45, 7) is 11.3. The molecule has 1 aliphatic carbocycles. The molecule has 1 aliphatic rings. The standard InChI is InChI=1S/C25H30O4S2/c1-5-7-21-17-25(18-22(21)8-6-2,30(26,27)23-13-9-19(3)10-14-23)31(28,29)24-15-11-20(4)12-16-24/h5-6,9-16,21-22H,1-2,7-8,17-18H2,3-4H3/t21-,22-/m1/s1. The molecule has 4 nitrogen and oxygen atoms in total. The van der Waals surface area contributed by atoms with Crippen molar-refractivity contribution in [2.75, 3.05) is 0 Å². The summed E-state index contributed by atoms with van der Waals surface area (Å²) in [5, 5.41) is 0. The Morgan fingerprint density at radius 2 is 1.06 bits per heavy atom. The fourth-order valence-corrected chi connectivity index (χ4v) is 9.96. The first kappa shape index (κ1) is 23.5. The second-order valence-electron chi connectivity index (χ2n) is 8.52. The Hall–Kier alpha value is -2.18. The molecule has 0 heterocycles. The number of benzene rings is 2. The summed E-state index contributed by atoms with van der Waals surface area (Å²) in [5.41, 5.74) is 1.82. The van der Waals surface area contributed by atoms with Crippen LogP contribution in [0.15, 0.2) is 83.6 Å². The van der Waals surface area contributed by atoms with Crippen LogP contribution >= 0.6 is 0 Å². The maximum atomic E-state index is 14.0. The highest BCUT2D eigenvalue weighted by Gasteiger charge is 2.62. The Bertz CT molecular complexity index is 1060. The summed E-state index contributed by atoms with van der Waals surface area (Å²) < 4.78 is 54.2. The Morgan fingerprint density at radius 1 is 0.742 bits per heavy atom. The van der Waals surface area contributed by atoms with Crippen LogP contribution in [0.3, 0.4) is 0 Å². The molecule has 1 fully saturated rings. The van der Waals surface area contributed by atoms with Crippen LogP contribution < -0.4 is 0 Å². The lowest BCUT2D eigenvalue weighted by molar-refractivity contribution is 0.395. The molecule has 3 rings (SSSR count). The maximum Gasteiger partial charge on any atom is 0.198 e. The third-order valence-electron chi connectivity index (χ3n) is 6.39. The fraction of sp³-hybridized carbons (Fsp3) is 0.360. The van der Waals surface area contributed by atoms with Gasteiger partial charge < -0.3 is 0 Å². The fourth-order valence-electron chi connectivity index (χ4n) is 4.64. The summed E-state index contributed by atoms with van der Waals surface area (Å²) in [6.07, 6.45) is 4.70. The average molecular weight is 459 g/mol. The van der Waals surface area contributed by atoms with Crippen LogP contribution in [0.1, 0.15) is 36.8 Å². The summed E-state index contributed by atoms with van der Waals surface area (Å²) in [6, 6.07) is 12.9. The van der Waals surface area contributed by atoms with Gasteiger partial charge in [-0.05, 0) is 75.6 Å². The lowest BCUT2D eigenvalue weighted by Crippen LogP contribution is -2.44. The molecule has 0 bridgehead atoms. The quantitative estimate of drug-likeness (QED) is 0.495. The molecule has 1 saturated carbocycles. The van der Waals surface area contributed by atoms with E-state index in [4.69, 9.17) is 0 Å². The number of aryl methyl sites for hydroxylation is 2. The predicted molar refractivity (Wildman–Crippen MR) is 125 cm³/mol. The van der Waals surface area contributed by atoms with Crippen LogP contribution in [-0.4, -0.2) is 20.9 Å². The predicted octanol–water partition coefficient (Wildman–Crippen LogP) is 5.43. The molecule has 2 atom stereocenters. The Labute approximate surface area is 186 Å². The van der Waals surface area contributed by atoms with Crippen molar-refractivity contribution in [3.63, 3.8) is 0 Å². The van der Waals surface area contributed by atoms with Gasteiger partial charge in [0.15, 0.2) is 23.8 Å². The molecule has 0 spiro atoms. The molecule has 31 heavy (non-hydrogen) atoms. The first-order valence-electron chi connectivity index (χ1n) is 10.4. The van der Waals surface area contributed by atoms with Gasteiger partial charge >= 0.3 is 0 Å². The molecule has 6 heteroatoms. The number of hydrogen-bond acceptors (Lipinski definition) is 4.